The highest BCUT2D eigenvalue weighted by Gasteiger charge is 2.21. The van der Waals surface area contributed by atoms with Crippen LogP contribution in [0.5, 0.6) is 5.75 Å². The summed E-state index contributed by atoms with van der Waals surface area (Å²) in [4.78, 5) is 23.6. The Hall–Kier alpha value is -3.86. The van der Waals surface area contributed by atoms with Crippen molar-refractivity contribution >= 4 is 22.7 Å². The van der Waals surface area contributed by atoms with Gasteiger partial charge < -0.3 is 14.4 Å². The summed E-state index contributed by atoms with van der Waals surface area (Å²) in [6.07, 6.45) is 1.61. The van der Waals surface area contributed by atoms with E-state index in [-0.39, 0.29) is 5.56 Å². The second kappa shape index (κ2) is 8.02. The quantitative estimate of drug-likeness (QED) is 0.375. The number of aliphatic carboxylic acids is 1. The molecular formula is C24H19NO4. The monoisotopic (exact) mass is 385 g/mol. The van der Waals surface area contributed by atoms with Crippen molar-refractivity contribution in [3.63, 3.8) is 0 Å². The third-order valence-corrected chi connectivity index (χ3v) is 4.74. The van der Waals surface area contributed by atoms with Crippen molar-refractivity contribution in [2.45, 2.75) is 13.2 Å². The molecule has 144 valence electrons. The van der Waals surface area contributed by atoms with Gasteiger partial charge in [0, 0.05) is 23.6 Å². The lowest BCUT2D eigenvalue weighted by atomic mass is 10.1. The third-order valence-electron chi connectivity index (χ3n) is 4.74. The molecule has 1 aromatic heterocycles. The zero-order valence-electron chi connectivity index (χ0n) is 15.6. The zero-order valence-corrected chi connectivity index (χ0v) is 15.6. The number of carbonyl (C=O) groups excluding carboxylic acids is 1. The lowest BCUT2D eigenvalue weighted by Crippen LogP contribution is -2.12. The fourth-order valence-corrected chi connectivity index (χ4v) is 3.31. The molecule has 0 bridgehead atoms. The Balaban J connectivity index is 1.70. The van der Waals surface area contributed by atoms with Crippen molar-refractivity contribution in [2.24, 2.45) is 0 Å². The number of hydrogen-bond acceptors (Lipinski definition) is 3. The largest absolute Gasteiger partial charge is 0.489 e. The van der Waals surface area contributed by atoms with Gasteiger partial charge in [0.25, 0.3) is 5.78 Å². The number of rotatable bonds is 7. The van der Waals surface area contributed by atoms with Crippen LogP contribution in [0.25, 0.3) is 10.9 Å². The zero-order chi connectivity index (χ0) is 20.2. The van der Waals surface area contributed by atoms with E-state index in [0.29, 0.717) is 24.3 Å². The molecule has 0 saturated carbocycles. The van der Waals surface area contributed by atoms with Gasteiger partial charge in [0.2, 0.25) is 0 Å². The molecule has 0 spiro atoms. The van der Waals surface area contributed by atoms with Crippen LogP contribution in [0.4, 0.5) is 0 Å². The Morgan fingerprint density at radius 3 is 2.17 bits per heavy atom. The number of nitrogens with zero attached hydrogens (tertiary/aromatic N) is 1. The molecule has 0 aliphatic carbocycles. The molecule has 1 N–H and O–H groups in total. The molecule has 0 unspecified atom stereocenters. The molecule has 1 heterocycles. The molecule has 0 saturated heterocycles. The van der Waals surface area contributed by atoms with E-state index >= 15 is 0 Å². The fourth-order valence-electron chi connectivity index (χ4n) is 3.31. The van der Waals surface area contributed by atoms with E-state index in [9.17, 15) is 14.7 Å². The van der Waals surface area contributed by atoms with Crippen LogP contribution in [0.15, 0.2) is 85.1 Å². The topological polar surface area (TPSA) is 68.5 Å². The molecule has 29 heavy (non-hydrogen) atoms. The van der Waals surface area contributed by atoms with Crippen LogP contribution >= 0.6 is 0 Å². The molecule has 5 heteroatoms. The molecule has 0 aliphatic heterocycles. The van der Waals surface area contributed by atoms with Gasteiger partial charge >= 0.3 is 5.97 Å². The lowest BCUT2D eigenvalue weighted by Gasteiger charge is -2.08. The number of benzene rings is 3. The SMILES string of the molecule is O=C(O)C(=O)c1cn(Cc2ccccc2)c2ccc(OCc3ccccc3)cc12. The predicted molar refractivity (Wildman–Crippen MR) is 110 cm³/mol. The smallest absolute Gasteiger partial charge is 0.377 e. The summed E-state index contributed by atoms with van der Waals surface area (Å²) in [6.45, 7) is 0.924. The first-order chi connectivity index (χ1) is 14.1. The first kappa shape index (κ1) is 18.5. The average Bonchev–Trinajstić information content (AvgIpc) is 3.10. The number of ketones is 1. The Kier molecular flexibility index (Phi) is 5.12. The van der Waals surface area contributed by atoms with Crippen LogP contribution in [0.3, 0.4) is 0 Å². The molecule has 0 fully saturated rings. The number of Topliss-reactive ketones (excluding diaryl/α,β-unsaturated/α-hetero) is 1. The average molecular weight is 385 g/mol. The van der Waals surface area contributed by atoms with Crippen molar-refractivity contribution in [2.75, 3.05) is 0 Å². The van der Waals surface area contributed by atoms with Crippen LogP contribution in [0, 0.1) is 0 Å². The molecular weight excluding hydrogens is 366 g/mol. The van der Waals surface area contributed by atoms with Crippen LogP contribution in [0.2, 0.25) is 0 Å². The van der Waals surface area contributed by atoms with E-state index in [1.165, 1.54) is 0 Å². The number of aromatic nitrogens is 1. The van der Waals surface area contributed by atoms with E-state index in [4.69, 9.17) is 4.74 Å². The van der Waals surface area contributed by atoms with Gasteiger partial charge in [-0.2, -0.15) is 0 Å². The van der Waals surface area contributed by atoms with E-state index in [1.54, 1.807) is 12.3 Å². The van der Waals surface area contributed by atoms with Gasteiger partial charge in [-0.05, 0) is 29.3 Å². The summed E-state index contributed by atoms with van der Waals surface area (Å²) < 4.78 is 7.75. The van der Waals surface area contributed by atoms with Crippen LogP contribution < -0.4 is 4.74 Å². The molecule has 0 atom stereocenters. The Morgan fingerprint density at radius 2 is 1.52 bits per heavy atom. The summed E-state index contributed by atoms with van der Waals surface area (Å²) in [5.74, 6) is -1.82. The van der Waals surface area contributed by atoms with Gasteiger partial charge in [0.1, 0.15) is 12.4 Å². The van der Waals surface area contributed by atoms with Crippen LogP contribution in [-0.4, -0.2) is 21.4 Å². The van der Waals surface area contributed by atoms with E-state index in [0.717, 1.165) is 16.6 Å². The van der Waals surface area contributed by atoms with Crippen molar-refractivity contribution in [3.05, 3.63) is 102 Å². The maximum atomic E-state index is 12.3. The standard InChI is InChI=1S/C24H19NO4/c26-23(24(27)28)21-15-25(14-17-7-3-1-4-8-17)22-12-11-19(13-20(21)22)29-16-18-9-5-2-6-10-18/h1-13,15H,14,16H2,(H,27,28). The second-order valence-electron chi connectivity index (χ2n) is 6.74. The normalized spacial score (nSPS) is 10.8. The Morgan fingerprint density at radius 1 is 0.862 bits per heavy atom. The summed E-state index contributed by atoms with van der Waals surface area (Å²) in [6, 6.07) is 25.0. The first-order valence-corrected chi connectivity index (χ1v) is 9.23. The Labute approximate surface area is 167 Å². The minimum atomic E-state index is -1.47. The van der Waals surface area contributed by atoms with Gasteiger partial charge in [-0.3, -0.25) is 4.79 Å². The van der Waals surface area contributed by atoms with Gasteiger partial charge in [-0.25, -0.2) is 4.79 Å². The molecule has 0 aliphatic rings. The maximum absolute atomic E-state index is 12.3. The number of ether oxygens (including phenoxy) is 1. The highest BCUT2D eigenvalue weighted by atomic mass is 16.5. The van der Waals surface area contributed by atoms with Crippen molar-refractivity contribution in [1.82, 2.24) is 4.57 Å². The molecule has 4 aromatic rings. The van der Waals surface area contributed by atoms with Gasteiger partial charge in [-0.15, -0.1) is 0 Å². The van der Waals surface area contributed by atoms with Gasteiger partial charge in [0.05, 0.1) is 5.56 Å². The summed E-state index contributed by atoms with van der Waals surface area (Å²) in [5, 5.41) is 9.79. The van der Waals surface area contributed by atoms with Crippen LogP contribution in [0.1, 0.15) is 21.5 Å². The van der Waals surface area contributed by atoms with Crippen molar-refractivity contribution in [3.8, 4) is 5.75 Å². The first-order valence-electron chi connectivity index (χ1n) is 9.23. The minimum Gasteiger partial charge on any atom is -0.489 e. The van der Waals surface area contributed by atoms with Gasteiger partial charge in [-0.1, -0.05) is 60.7 Å². The minimum absolute atomic E-state index is 0.161. The molecule has 0 radical (unpaired) electrons. The molecule has 3 aromatic carbocycles. The highest BCUT2D eigenvalue weighted by Crippen LogP contribution is 2.28. The summed E-state index contributed by atoms with van der Waals surface area (Å²) in [5.41, 5.74) is 3.03. The van der Waals surface area contributed by atoms with E-state index in [2.05, 4.69) is 0 Å². The molecule has 4 rings (SSSR count). The van der Waals surface area contributed by atoms with Gasteiger partial charge in [0.15, 0.2) is 0 Å². The van der Waals surface area contributed by atoms with Crippen molar-refractivity contribution in [1.29, 1.82) is 0 Å². The molecule has 0 amide bonds. The van der Waals surface area contributed by atoms with E-state index < -0.39 is 11.8 Å². The van der Waals surface area contributed by atoms with Crippen molar-refractivity contribution < 1.29 is 19.4 Å². The lowest BCUT2D eigenvalue weighted by molar-refractivity contribution is -0.131. The number of carbonyl (C=O) groups is 2. The third kappa shape index (κ3) is 4.04. The Bertz CT molecular complexity index is 1160. The highest BCUT2D eigenvalue weighted by molar-refractivity contribution is 6.42. The number of hydrogen-bond donors (Lipinski definition) is 1. The van der Waals surface area contributed by atoms with E-state index in [1.807, 2.05) is 77.4 Å². The van der Waals surface area contributed by atoms with Crippen LogP contribution in [-0.2, 0) is 17.9 Å². The second-order valence-corrected chi connectivity index (χ2v) is 6.74. The summed E-state index contributed by atoms with van der Waals surface area (Å²) in [7, 11) is 0. The maximum Gasteiger partial charge on any atom is 0.377 e. The summed E-state index contributed by atoms with van der Waals surface area (Å²) >= 11 is 0. The number of carboxylic acids is 1. The number of fused-ring (bicyclic) bond motifs is 1. The molecule has 5 nitrogen and oxygen atoms in total. The number of carboxylic acid groups (broad SMARTS) is 1. The predicted octanol–water partition coefficient (Wildman–Crippen LogP) is 4.54. The fraction of sp³-hybridized carbons (Fsp3) is 0.0833.